The molecule has 2 heteroatoms. The predicted molar refractivity (Wildman–Crippen MR) is 75.9 cm³/mol. The van der Waals surface area contributed by atoms with Gasteiger partial charge in [-0.1, -0.05) is 42.5 Å². The van der Waals surface area contributed by atoms with Gasteiger partial charge < -0.3 is 4.74 Å². The highest BCUT2D eigenvalue weighted by molar-refractivity contribution is 5.35. The zero-order chi connectivity index (χ0) is 13.7. The molecule has 0 aromatic heterocycles. The summed E-state index contributed by atoms with van der Waals surface area (Å²) in [6, 6.07) is 20.1. The second kappa shape index (κ2) is 5.58. The van der Waals surface area contributed by atoms with Gasteiger partial charge >= 0.3 is 0 Å². The smallest absolute Gasteiger partial charge is 0.119 e. The van der Waals surface area contributed by atoms with Gasteiger partial charge in [0.1, 0.15) is 12.4 Å². The molecule has 0 radical (unpaired) electrons. The molecule has 0 aliphatic carbocycles. The first-order chi connectivity index (χ1) is 9.12. The van der Waals surface area contributed by atoms with Crippen molar-refractivity contribution in [3.05, 3.63) is 65.7 Å². The molecular weight excluding hydrogens is 234 g/mol. The maximum atomic E-state index is 9.09. The Morgan fingerprint density at radius 3 is 2.21 bits per heavy atom. The molecule has 2 rings (SSSR count). The molecule has 0 aliphatic heterocycles. The van der Waals surface area contributed by atoms with Crippen molar-refractivity contribution in [3.63, 3.8) is 0 Å². The van der Waals surface area contributed by atoms with Crippen LogP contribution in [0, 0.1) is 11.3 Å². The molecule has 0 bridgehead atoms. The van der Waals surface area contributed by atoms with Crippen LogP contribution in [0.2, 0.25) is 0 Å². The average molecular weight is 251 g/mol. The number of benzene rings is 2. The first kappa shape index (κ1) is 13.2. The number of ether oxygens (including phenoxy) is 1. The van der Waals surface area contributed by atoms with E-state index in [0.717, 1.165) is 16.9 Å². The van der Waals surface area contributed by atoms with Gasteiger partial charge in [-0.05, 0) is 37.1 Å². The Balaban J connectivity index is 2.02. The molecule has 0 atom stereocenters. The van der Waals surface area contributed by atoms with Crippen LogP contribution in [0.25, 0.3) is 0 Å². The average Bonchev–Trinajstić information content (AvgIpc) is 2.47. The van der Waals surface area contributed by atoms with E-state index < -0.39 is 5.41 Å². The molecule has 0 aliphatic rings. The van der Waals surface area contributed by atoms with Crippen molar-refractivity contribution in [3.8, 4) is 11.8 Å². The van der Waals surface area contributed by atoms with Gasteiger partial charge in [-0.3, -0.25) is 0 Å². The number of nitrogens with zero attached hydrogens (tertiary/aromatic N) is 1. The summed E-state index contributed by atoms with van der Waals surface area (Å²) in [6.45, 7) is 4.38. The van der Waals surface area contributed by atoms with Crippen LogP contribution in [0.1, 0.15) is 25.0 Å². The third-order valence-electron chi connectivity index (χ3n) is 3.10. The van der Waals surface area contributed by atoms with E-state index >= 15 is 0 Å². The fraction of sp³-hybridized carbons (Fsp3) is 0.235. The monoisotopic (exact) mass is 251 g/mol. The Hall–Kier alpha value is -2.27. The molecular formula is C17H17NO. The largest absolute Gasteiger partial charge is 0.489 e. The van der Waals surface area contributed by atoms with Crippen LogP contribution in [0.5, 0.6) is 5.75 Å². The Bertz CT molecular complexity index is 564. The minimum absolute atomic E-state index is 0.460. The standard InChI is InChI=1S/C17H17NO/c1-17(2,13-18)15-8-10-16(11-9-15)19-12-14-6-4-3-5-7-14/h3-11H,12H2,1-2H3. The molecule has 0 unspecified atom stereocenters. The summed E-state index contributed by atoms with van der Waals surface area (Å²) in [6.07, 6.45) is 0. The summed E-state index contributed by atoms with van der Waals surface area (Å²) in [5.74, 6) is 0.821. The van der Waals surface area contributed by atoms with E-state index in [1.54, 1.807) is 0 Å². The molecule has 2 aromatic carbocycles. The minimum atomic E-state index is -0.460. The SMILES string of the molecule is CC(C)(C#N)c1ccc(OCc2ccccc2)cc1. The van der Waals surface area contributed by atoms with Gasteiger partial charge in [0.05, 0.1) is 11.5 Å². The molecule has 2 nitrogen and oxygen atoms in total. The zero-order valence-corrected chi connectivity index (χ0v) is 11.3. The quantitative estimate of drug-likeness (QED) is 0.820. The molecule has 0 amide bonds. The number of nitriles is 1. The van der Waals surface area contributed by atoms with Gasteiger partial charge in [0.15, 0.2) is 0 Å². The van der Waals surface area contributed by atoms with E-state index in [9.17, 15) is 0 Å². The Labute approximate surface area is 114 Å². The van der Waals surface area contributed by atoms with Gasteiger partial charge in [-0.15, -0.1) is 0 Å². The minimum Gasteiger partial charge on any atom is -0.489 e. The topological polar surface area (TPSA) is 33.0 Å². The first-order valence-corrected chi connectivity index (χ1v) is 6.30. The second-order valence-corrected chi connectivity index (χ2v) is 5.04. The molecule has 0 heterocycles. The van der Waals surface area contributed by atoms with Gasteiger partial charge in [0.2, 0.25) is 0 Å². The van der Waals surface area contributed by atoms with Crippen LogP contribution in [-0.4, -0.2) is 0 Å². The maximum Gasteiger partial charge on any atom is 0.119 e. The summed E-state index contributed by atoms with van der Waals surface area (Å²) >= 11 is 0. The van der Waals surface area contributed by atoms with E-state index in [1.807, 2.05) is 68.4 Å². The van der Waals surface area contributed by atoms with E-state index in [4.69, 9.17) is 10.00 Å². The molecule has 0 saturated carbocycles. The molecule has 0 saturated heterocycles. The lowest BCUT2D eigenvalue weighted by atomic mass is 9.86. The summed E-state index contributed by atoms with van der Waals surface area (Å²) in [5.41, 5.74) is 1.68. The zero-order valence-electron chi connectivity index (χ0n) is 11.3. The lowest BCUT2D eigenvalue weighted by molar-refractivity contribution is 0.306. The highest BCUT2D eigenvalue weighted by Crippen LogP contribution is 2.24. The molecule has 2 aromatic rings. The van der Waals surface area contributed by atoms with Crippen LogP contribution < -0.4 is 4.74 Å². The van der Waals surface area contributed by atoms with Crippen molar-refractivity contribution in [1.82, 2.24) is 0 Å². The molecule has 96 valence electrons. The fourth-order valence-electron chi connectivity index (χ4n) is 1.77. The Kier molecular flexibility index (Phi) is 3.87. The van der Waals surface area contributed by atoms with E-state index in [1.165, 1.54) is 0 Å². The van der Waals surface area contributed by atoms with Crippen LogP contribution in [-0.2, 0) is 12.0 Å². The van der Waals surface area contributed by atoms with Crippen molar-refractivity contribution in [2.75, 3.05) is 0 Å². The summed E-state index contributed by atoms with van der Waals surface area (Å²) in [4.78, 5) is 0. The molecule has 19 heavy (non-hydrogen) atoms. The number of hydrogen-bond donors (Lipinski definition) is 0. The van der Waals surface area contributed by atoms with E-state index in [0.29, 0.717) is 6.61 Å². The number of hydrogen-bond acceptors (Lipinski definition) is 2. The van der Waals surface area contributed by atoms with Crippen molar-refractivity contribution in [1.29, 1.82) is 5.26 Å². The van der Waals surface area contributed by atoms with Gasteiger partial charge in [-0.25, -0.2) is 0 Å². The van der Waals surface area contributed by atoms with Gasteiger partial charge in [0.25, 0.3) is 0 Å². The summed E-state index contributed by atoms with van der Waals surface area (Å²) in [5, 5.41) is 9.09. The third-order valence-corrected chi connectivity index (χ3v) is 3.10. The van der Waals surface area contributed by atoms with Crippen molar-refractivity contribution < 1.29 is 4.74 Å². The summed E-state index contributed by atoms with van der Waals surface area (Å²) in [7, 11) is 0. The van der Waals surface area contributed by atoms with Crippen LogP contribution in [0.3, 0.4) is 0 Å². The van der Waals surface area contributed by atoms with Crippen LogP contribution in [0.4, 0.5) is 0 Å². The Morgan fingerprint density at radius 2 is 1.63 bits per heavy atom. The molecule has 0 N–H and O–H groups in total. The lowest BCUT2D eigenvalue weighted by Gasteiger charge is -2.16. The van der Waals surface area contributed by atoms with Crippen molar-refractivity contribution >= 4 is 0 Å². The molecule has 0 fully saturated rings. The second-order valence-electron chi connectivity index (χ2n) is 5.04. The highest BCUT2D eigenvalue weighted by Gasteiger charge is 2.19. The van der Waals surface area contributed by atoms with Crippen molar-refractivity contribution in [2.24, 2.45) is 0 Å². The van der Waals surface area contributed by atoms with E-state index in [-0.39, 0.29) is 0 Å². The van der Waals surface area contributed by atoms with Crippen molar-refractivity contribution in [2.45, 2.75) is 25.9 Å². The maximum absolute atomic E-state index is 9.09. The normalized spacial score (nSPS) is 10.8. The molecule has 0 spiro atoms. The van der Waals surface area contributed by atoms with E-state index in [2.05, 4.69) is 6.07 Å². The summed E-state index contributed by atoms with van der Waals surface area (Å²) < 4.78 is 5.71. The fourth-order valence-corrected chi connectivity index (χ4v) is 1.77. The van der Waals surface area contributed by atoms with Crippen LogP contribution in [0.15, 0.2) is 54.6 Å². The first-order valence-electron chi connectivity index (χ1n) is 6.30. The third kappa shape index (κ3) is 3.35. The highest BCUT2D eigenvalue weighted by atomic mass is 16.5. The van der Waals surface area contributed by atoms with Gasteiger partial charge in [-0.2, -0.15) is 5.26 Å². The predicted octanol–water partition coefficient (Wildman–Crippen LogP) is 4.07. The lowest BCUT2D eigenvalue weighted by Crippen LogP contribution is -2.13. The number of rotatable bonds is 4. The van der Waals surface area contributed by atoms with Crippen LogP contribution >= 0.6 is 0 Å². The van der Waals surface area contributed by atoms with Gasteiger partial charge in [0, 0.05) is 0 Å². The Morgan fingerprint density at radius 1 is 1.00 bits per heavy atom.